The molecule has 4 nitrogen and oxygen atoms in total. The molecule has 0 rings (SSSR count). The minimum absolute atomic E-state index is 0.188. The molecule has 0 bridgehead atoms. The SMILES string of the molecule is CN(C)[P+](OCC(C)(C)C)(N(C)C)N(C)C. The standard InChI is InChI=1S/C11H29N3OP/c1-11(2,3)10-15-16(12(4)5,13(6)7)14(8)9/h10H2,1-9H3/q+1. The summed E-state index contributed by atoms with van der Waals surface area (Å²) in [5.74, 6) is 0. The first-order valence-electron chi connectivity index (χ1n) is 5.61. The first-order valence-corrected chi connectivity index (χ1v) is 7.17. The maximum Gasteiger partial charge on any atom is 0.369 e. The van der Waals surface area contributed by atoms with Crippen molar-refractivity contribution in [3.63, 3.8) is 0 Å². The Hall–Kier alpha value is 0.270. The van der Waals surface area contributed by atoms with Crippen LogP contribution >= 0.6 is 7.94 Å². The molecule has 0 spiro atoms. The predicted molar refractivity (Wildman–Crippen MR) is 73.4 cm³/mol. The Bertz CT molecular complexity index is 190. The molecule has 0 aliphatic heterocycles. The molecule has 0 aliphatic carbocycles. The lowest BCUT2D eigenvalue weighted by atomic mass is 9.99. The van der Waals surface area contributed by atoms with E-state index in [0.717, 1.165) is 6.61 Å². The van der Waals surface area contributed by atoms with Gasteiger partial charge in [-0.3, -0.25) is 0 Å². The molecule has 0 atom stereocenters. The zero-order valence-electron chi connectivity index (χ0n) is 12.4. The van der Waals surface area contributed by atoms with Crippen LogP contribution < -0.4 is 0 Å². The van der Waals surface area contributed by atoms with E-state index >= 15 is 0 Å². The molecule has 16 heavy (non-hydrogen) atoms. The van der Waals surface area contributed by atoms with Crippen LogP contribution in [0.15, 0.2) is 0 Å². The van der Waals surface area contributed by atoms with E-state index < -0.39 is 7.94 Å². The van der Waals surface area contributed by atoms with Crippen LogP contribution in [0.2, 0.25) is 0 Å². The van der Waals surface area contributed by atoms with Crippen LogP contribution in [-0.2, 0) is 4.52 Å². The summed E-state index contributed by atoms with van der Waals surface area (Å²) in [6.07, 6.45) is 0. The zero-order valence-corrected chi connectivity index (χ0v) is 13.3. The molecular formula is C11H29N3OP+. The Labute approximate surface area is 102 Å². The van der Waals surface area contributed by atoms with Gasteiger partial charge < -0.3 is 0 Å². The van der Waals surface area contributed by atoms with Crippen molar-refractivity contribution in [2.75, 3.05) is 48.9 Å². The van der Waals surface area contributed by atoms with E-state index in [1.165, 1.54) is 0 Å². The van der Waals surface area contributed by atoms with Crippen molar-refractivity contribution < 1.29 is 4.52 Å². The van der Waals surface area contributed by atoms with Crippen LogP contribution in [-0.4, -0.2) is 62.9 Å². The molecule has 0 amide bonds. The molecule has 0 N–H and O–H groups in total. The summed E-state index contributed by atoms with van der Waals surface area (Å²) < 4.78 is 12.8. The highest BCUT2D eigenvalue weighted by Gasteiger charge is 2.51. The fraction of sp³-hybridized carbons (Fsp3) is 1.00. The normalized spacial score (nSPS) is 14.2. The summed E-state index contributed by atoms with van der Waals surface area (Å²) in [4.78, 5) is 0. The minimum Gasteiger partial charge on any atom is -0.181 e. The van der Waals surface area contributed by atoms with Crippen LogP contribution in [0.25, 0.3) is 0 Å². The van der Waals surface area contributed by atoms with Gasteiger partial charge in [-0.05, 0) is 5.41 Å². The van der Waals surface area contributed by atoms with Gasteiger partial charge >= 0.3 is 7.94 Å². The van der Waals surface area contributed by atoms with E-state index in [-0.39, 0.29) is 5.41 Å². The van der Waals surface area contributed by atoms with Gasteiger partial charge in [0.1, 0.15) is 6.61 Å². The highest BCUT2D eigenvalue weighted by atomic mass is 31.2. The van der Waals surface area contributed by atoms with Gasteiger partial charge in [-0.1, -0.05) is 20.8 Å². The average molecular weight is 250 g/mol. The van der Waals surface area contributed by atoms with Gasteiger partial charge in [0.15, 0.2) is 0 Å². The van der Waals surface area contributed by atoms with Gasteiger partial charge in [0, 0.05) is 42.3 Å². The maximum atomic E-state index is 6.27. The third-order valence-corrected chi connectivity index (χ3v) is 5.84. The molecule has 0 saturated heterocycles. The minimum atomic E-state index is -1.81. The zero-order chi connectivity index (χ0) is 13.1. The van der Waals surface area contributed by atoms with Crippen LogP contribution in [0.1, 0.15) is 20.8 Å². The predicted octanol–water partition coefficient (Wildman–Crippen LogP) is 2.41. The highest BCUT2D eigenvalue weighted by molar-refractivity contribution is 7.64. The van der Waals surface area contributed by atoms with Crippen molar-refractivity contribution in [3.05, 3.63) is 0 Å². The Kier molecular flexibility index (Phi) is 5.84. The molecule has 0 aliphatic rings. The van der Waals surface area contributed by atoms with Crippen LogP contribution in [0.4, 0.5) is 0 Å². The quantitative estimate of drug-likeness (QED) is 0.697. The lowest BCUT2D eigenvalue weighted by Crippen LogP contribution is -2.38. The smallest absolute Gasteiger partial charge is 0.181 e. The fourth-order valence-corrected chi connectivity index (χ4v) is 5.10. The lowest BCUT2D eigenvalue weighted by molar-refractivity contribution is 0.163. The third-order valence-electron chi connectivity index (χ3n) is 2.23. The van der Waals surface area contributed by atoms with Gasteiger partial charge in [-0.2, -0.15) is 4.52 Å². The third kappa shape index (κ3) is 3.94. The summed E-state index contributed by atoms with van der Waals surface area (Å²) in [7, 11) is 10.7. The van der Waals surface area contributed by atoms with Gasteiger partial charge in [-0.25, -0.2) is 0 Å². The van der Waals surface area contributed by atoms with E-state index in [0.29, 0.717) is 0 Å². The summed E-state index contributed by atoms with van der Waals surface area (Å²) >= 11 is 0. The lowest BCUT2D eigenvalue weighted by Gasteiger charge is -2.38. The highest BCUT2D eigenvalue weighted by Crippen LogP contribution is 2.64. The van der Waals surface area contributed by atoms with Crippen molar-refractivity contribution in [2.45, 2.75) is 20.8 Å². The Morgan fingerprint density at radius 2 is 1.12 bits per heavy atom. The van der Waals surface area contributed by atoms with Crippen molar-refractivity contribution >= 4 is 7.94 Å². The van der Waals surface area contributed by atoms with Crippen molar-refractivity contribution in [2.24, 2.45) is 5.41 Å². The van der Waals surface area contributed by atoms with E-state index in [4.69, 9.17) is 4.52 Å². The largest absolute Gasteiger partial charge is 0.369 e. The fourth-order valence-electron chi connectivity index (χ4n) is 1.70. The second-order valence-electron chi connectivity index (χ2n) is 5.89. The molecule has 0 radical (unpaired) electrons. The molecule has 0 aromatic rings. The van der Waals surface area contributed by atoms with Gasteiger partial charge in [0.25, 0.3) is 0 Å². The topological polar surface area (TPSA) is 19.0 Å². The number of rotatable bonds is 5. The van der Waals surface area contributed by atoms with Crippen LogP contribution in [0.3, 0.4) is 0 Å². The van der Waals surface area contributed by atoms with Crippen molar-refractivity contribution in [3.8, 4) is 0 Å². The Morgan fingerprint density at radius 3 is 1.31 bits per heavy atom. The monoisotopic (exact) mass is 250 g/mol. The summed E-state index contributed by atoms with van der Waals surface area (Å²) in [5.41, 5.74) is 0.188. The average Bonchev–Trinajstić information content (AvgIpc) is 2.00. The number of nitrogens with zero attached hydrogens (tertiary/aromatic N) is 3. The maximum absolute atomic E-state index is 6.27. The molecule has 0 fully saturated rings. The summed E-state index contributed by atoms with van der Waals surface area (Å²) in [5, 5.41) is 0. The van der Waals surface area contributed by atoms with Gasteiger partial charge in [0.2, 0.25) is 0 Å². The second kappa shape index (κ2) is 5.74. The Morgan fingerprint density at radius 1 is 0.812 bits per heavy atom. The van der Waals surface area contributed by atoms with E-state index in [9.17, 15) is 0 Å². The number of hydrogen-bond acceptors (Lipinski definition) is 4. The van der Waals surface area contributed by atoms with Crippen molar-refractivity contribution in [1.29, 1.82) is 0 Å². The van der Waals surface area contributed by atoms with E-state index in [1.807, 2.05) is 0 Å². The van der Waals surface area contributed by atoms with E-state index in [1.54, 1.807) is 0 Å². The molecule has 0 heterocycles. The molecular weight excluding hydrogens is 221 g/mol. The summed E-state index contributed by atoms with van der Waals surface area (Å²) in [6.45, 7) is 7.35. The summed E-state index contributed by atoms with van der Waals surface area (Å²) in [6, 6.07) is 0. The molecule has 0 aromatic carbocycles. The molecule has 0 unspecified atom stereocenters. The van der Waals surface area contributed by atoms with Crippen LogP contribution in [0, 0.1) is 5.41 Å². The number of hydrogen-bond donors (Lipinski definition) is 0. The first kappa shape index (κ1) is 16.3. The van der Waals surface area contributed by atoms with Crippen LogP contribution in [0.5, 0.6) is 0 Å². The molecule has 98 valence electrons. The molecule has 5 heteroatoms. The molecule has 0 aromatic heterocycles. The second-order valence-corrected chi connectivity index (χ2v) is 9.57. The van der Waals surface area contributed by atoms with Crippen molar-refractivity contribution in [1.82, 2.24) is 14.0 Å². The first-order chi connectivity index (χ1) is 7.04. The van der Waals surface area contributed by atoms with Gasteiger partial charge in [-0.15, -0.1) is 14.0 Å². The Balaban J connectivity index is 4.92. The molecule has 0 saturated carbocycles. The van der Waals surface area contributed by atoms with Gasteiger partial charge in [0.05, 0.1) is 0 Å². The van der Waals surface area contributed by atoms with E-state index in [2.05, 4.69) is 77.1 Å².